The molecule has 146 valence electrons. The monoisotopic (exact) mass is 392 g/mol. The van der Waals surface area contributed by atoms with Gasteiger partial charge in [0.2, 0.25) is 5.91 Å². The molecule has 0 spiro atoms. The van der Waals surface area contributed by atoms with Gasteiger partial charge >= 0.3 is 0 Å². The zero-order valence-electron chi connectivity index (χ0n) is 15.6. The zero-order valence-corrected chi connectivity index (χ0v) is 16.4. The molecule has 0 bridgehead atoms. The van der Waals surface area contributed by atoms with E-state index < -0.39 is 5.82 Å². The number of aromatic nitrogens is 2. The average Bonchev–Trinajstić information content (AvgIpc) is 3.07. The SMILES string of the molecule is Cc1ccn(CCN2CCCC(CNC(=O)Cc3c(F)cccc3Cl)C2)n1. The van der Waals surface area contributed by atoms with Crippen molar-refractivity contribution in [3.63, 3.8) is 0 Å². The highest BCUT2D eigenvalue weighted by atomic mass is 35.5. The van der Waals surface area contributed by atoms with E-state index in [0.29, 0.717) is 17.5 Å². The maximum absolute atomic E-state index is 13.8. The van der Waals surface area contributed by atoms with E-state index in [1.165, 1.54) is 6.07 Å². The Morgan fingerprint density at radius 1 is 1.37 bits per heavy atom. The van der Waals surface area contributed by atoms with Gasteiger partial charge in [-0.05, 0) is 50.4 Å². The summed E-state index contributed by atoms with van der Waals surface area (Å²) >= 11 is 5.99. The Kier molecular flexibility index (Phi) is 6.85. The molecule has 0 radical (unpaired) electrons. The van der Waals surface area contributed by atoms with E-state index in [4.69, 9.17) is 11.6 Å². The van der Waals surface area contributed by atoms with Crippen LogP contribution >= 0.6 is 11.6 Å². The summed E-state index contributed by atoms with van der Waals surface area (Å²) in [6, 6.07) is 6.48. The largest absolute Gasteiger partial charge is 0.355 e. The van der Waals surface area contributed by atoms with E-state index in [-0.39, 0.29) is 17.9 Å². The molecule has 1 aromatic carbocycles. The molecule has 1 aromatic heterocycles. The van der Waals surface area contributed by atoms with Gasteiger partial charge in [0.25, 0.3) is 0 Å². The molecule has 3 rings (SSSR count). The Labute approximate surface area is 164 Å². The van der Waals surface area contributed by atoms with Crippen LogP contribution in [-0.4, -0.2) is 46.8 Å². The second-order valence-corrected chi connectivity index (χ2v) is 7.62. The van der Waals surface area contributed by atoms with Crippen LogP contribution in [0.1, 0.15) is 24.1 Å². The second kappa shape index (κ2) is 9.33. The van der Waals surface area contributed by atoms with E-state index in [1.807, 2.05) is 23.9 Å². The quantitative estimate of drug-likeness (QED) is 0.787. The molecule has 1 aliphatic heterocycles. The van der Waals surface area contributed by atoms with Crippen LogP contribution < -0.4 is 5.32 Å². The summed E-state index contributed by atoms with van der Waals surface area (Å²) in [5.74, 6) is -0.209. The van der Waals surface area contributed by atoms with Crippen molar-refractivity contribution >= 4 is 17.5 Å². The number of hydrogen-bond donors (Lipinski definition) is 1. The van der Waals surface area contributed by atoms with Crippen LogP contribution in [0, 0.1) is 18.7 Å². The lowest BCUT2D eigenvalue weighted by atomic mass is 9.98. The van der Waals surface area contributed by atoms with Crippen LogP contribution in [0.15, 0.2) is 30.5 Å². The Hall–Kier alpha value is -1.92. The fourth-order valence-electron chi connectivity index (χ4n) is 3.54. The standard InChI is InChI=1S/C20H26ClFN4O/c1-15-7-9-26(24-15)11-10-25-8-3-4-16(14-25)13-23-20(27)12-17-18(21)5-2-6-19(17)22/h2,5-7,9,16H,3-4,8,10-14H2,1H3,(H,23,27). The smallest absolute Gasteiger partial charge is 0.224 e. The number of carbonyl (C=O) groups is 1. The second-order valence-electron chi connectivity index (χ2n) is 7.21. The molecular formula is C20H26ClFN4O. The van der Waals surface area contributed by atoms with Gasteiger partial charge in [0.15, 0.2) is 0 Å². The lowest BCUT2D eigenvalue weighted by Crippen LogP contribution is -2.42. The number of piperidine rings is 1. The lowest BCUT2D eigenvalue weighted by Gasteiger charge is -2.32. The van der Waals surface area contributed by atoms with E-state index in [9.17, 15) is 9.18 Å². The topological polar surface area (TPSA) is 50.2 Å². The number of hydrogen-bond acceptors (Lipinski definition) is 3. The highest BCUT2D eigenvalue weighted by Crippen LogP contribution is 2.20. The van der Waals surface area contributed by atoms with Gasteiger partial charge in [0.1, 0.15) is 5.82 Å². The molecule has 27 heavy (non-hydrogen) atoms. The predicted octanol–water partition coefficient (Wildman–Crippen LogP) is 3.05. The minimum Gasteiger partial charge on any atom is -0.355 e. The fraction of sp³-hybridized carbons (Fsp3) is 0.500. The number of amides is 1. The van der Waals surface area contributed by atoms with Gasteiger partial charge in [-0.15, -0.1) is 0 Å². The van der Waals surface area contributed by atoms with Crippen molar-refractivity contribution < 1.29 is 9.18 Å². The summed E-state index contributed by atoms with van der Waals surface area (Å²) < 4.78 is 15.8. The molecule has 0 saturated carbocycles. The number of carbonyl (C=O) groups excluding carboxylic acids is 1. The molecule has 1 unspecified atom stereocenters. The fourth-order valence-corrected chi connectivity index (χ4v) is 3.76. The van der Waals surface area contributed by atoms with Crippen LogP contribution in [0.25, 0.3) is 0 Å². The first-order valence-electron chi connectivity index (χ1n) is 9.43. The van der Waals surface area contributed by atoms with Crippen LogP contribution in [-0.2, 0) is 17.8 Å². The van der Waals surface area contributed by atoms with Crippen LogP contribution in [0.4, 0.5) is 4.39 Å². The van der Waals surface area contributed by atoms with E-state index in [1.54, 1.807) is 12.1 Å². The number of aryl methyl sites for hydroxylation is 1. The third-order valence-electron chi connectivity index (χ3n) is 5.01. The van der Waals surface area contributed by atoms with Crippen molar-refractivity contribution in [2.45, 2.75) is 32.7 Å². The van der Waals surface area contributed by atoms with Gasteiger partial charge in [-0.25, -0.2) is 4.39 Å². The summed E-state index contributed by atoms with van der Waals surface area (Å²) in [5.41, 5.74) is 1.29. The third-order valence-corrected chi connectivity index (χ3v) is 5.36. The molecule has 1 N–H and O–H groups in total. The van der Waals surface area contributed by atoms with Crippen LogP contribution in [0.5, 0.6) is 0 Å². The molecular weight excluding hydrogens is 367 g/mol. The highest BCUT2D eigenvalue weighted by Gasteiger charge is 2.21. The van der Waals surface area contributed by atoms with Crippen molar-refractivity contribution in [2.75, 3.05) is 26.2 Å². The summed E-state index contributed by atoms with van der Waals surface area (Å²) in [5, 5.41) is 7.66. The zero-order chi connectivity index (χ0) is 19.2. The summed E-state index contributed by atoms with van der Waals surface area (Å²) in [6.45, 7) is 6.47. The number of rotatable bonds is 7. The molecule has 5 nitrogen and oxygen atoms in total. The van der Waals surface area contributed by atoms with Gasteiger partial charge in [-0.2, -0.15) is 5.10 Å². The van der Waals surface area contributed by atoms with E-state index >= 15 is 0 Å². The van der Waals surface area contributed by atoms with Gasteiger partial charge < -0.3 is 10.2 Å². The molecule has 1 aliphatic rings. The minimum absolute atomic E-state index is 0.0272. The number of halogens is 2. The van der Waals surface area contributed by atoms with Gasteiger partial charge in [0.05, 0.1) is 18.7 Å². The number of nitrogens with one attached hydrogen (secondary N) is 1. The van der Waals surface area contributed by atoms with Gasteiger partial charge in [-0.1, -0.05) is 17.7 Å². The summed E-state index contributed by atoms with van der Waals surface area (Å²) in [7, 11) is 0. The van der Waals surface area contributed by atoms with E-state index in [2.05, 4.69) is 15.3 Å². The van der Waals surface area contributed by atoms with Crippen molar-refractivity contribution in [1.82, 2.24) is 20.0 Å². The first kappa shape index (κ1) is 19.8. The maximum Gasteiger partial charge on any atom is 0.224 e. The summed E-state index contributed by atoms with van der Waals surface area (Å²) in [4.78, 5) is 14.6. The molecule has 0 aliphatic carbocycles. The number of likely N-dealkylation sites (tertiary alicyclic amines) is 1. The predicted molar refractivity (Wildman–Crippen MR) is 104 cm³/mol. The Balaban J connectivity index is 1.43. The third kappa shape index (κ3) is 5.78. The first-order chi connectivity index (χ1) is 13.0. The highest BCUT2D eigenvalue weighted by molar-refractivity contribution is 6.31. The molecule has 1 saturated heterocycles. The molecule has 2 heterocycles. The van der Waals surface area contributed by atoms with Crippen molar-refractivity contribution in [1.29, 1.82) is 0 Å². The normalized spacial score (nSPS) is 17.8. The molecule has 1 atom stereocenters. The van der Waals surface area contributed by atoms with Crippen LogP contribution in [0.2, 0.25) is 5.02 Å². The number of benzene rings is 1. The first-order valence-corrected chi connectivity index (χ1v) is 9.81. The van der Waals surface area contributed by atoms with Crippen molar-refractivity contribution in [2.24, 2.45) is 5.92 Å². The Morgan fingerprint density at radius 3 is 2.96 bits per heavy atom. The summed E-state index contributed by atoms with van der Waals surface area (Å²) in [6.07, 6.45) is 4.20. The lowest BCUT2D eigenvalue weighted by molar-refractivity contribution is -0.120. The van der Waals surface area contributed by atoms with Crippen LogP contribution in [0.3, 0.4) is 0 Å². The van der Waals surface area contributed by atoms with E-state index in [0.717, 1.165) is 44.7 Å². The van der Waals surface area contributed by atoms with Crippen molar-refractivity contribution in [3.8, 4) is 0 Å². The number of nitrogens with zero attached hydrogens (tertiary/aromatic N) is 3. The van der Waals surface area contributed by atoms with Crippen molar-refractivity contribution in [3.05, 3.63) is 52.6 Å². The molecule has 1 amide bonds. The molecule has 2 aromatic rings. The average molecular weight is 393 g/mol. The van der Waals surface area contributed by atoms with Gasteiger partial charge in [-0.3, -0.25) is 9.48 Å². The maximum atomic E-state index is 13.8. The minimum atomic E-state index is -0.435. The Morgan fingerprint density at radius 2 is 2.22 bits per heavy atom. The Bertz CT molecular complexity index is 759. The van der Waals surface area contributed by atoms with Gasteiger partial charge in [0, 0.05) is 36.4 Å². The molecule has 7 heteroatoms. The molecule has 1 fully saturated rings.